The minimum Gasteiger partial charge on any atom is -0.321 e. The van der Waals surface area contributed by atoms with Crippen LogP contribution in [-0.4, -0.2) is 19.4 Å². The van der Waals surface area contributed by atoms with E-state index in [2.05, 4.69) is 9.59 Å². The van der Waals surface area contributed by atoms with E-state index in [1.54, 1.807) is 12.1 Å². The van der Waals surface area contributed by atoms with Gasteiger partial charge in [0, 0.05) is 0 Å². The van der Waals surface area contributed by atoms with E-state index in [1.165, 1.54) is 6.07 Å². The van der Waals surface area contributed by atoms with Crippen LogP contribution in [0.25, 0.3) is 10.2 Å². The summed E-state index contributed by atoms with van der Waals surface area (Å²) in [6, 6.07) is 4.67. The van der Waals surface area contributed by atoms with E-state index in [1.807, 2.05) is 0 Å². The molecule has 0 aliphatic heterocycles. The molecule has 68 valence electrons. The van der Waals surface area contributed by atoms with Crippen molar-refractivity contribution in [1.82, 2.24) is 9.59 Å². The van der Waals surface area contributed by atoms with Crippen LogP contribution in [0.1, 0.15) is 0 Å². The van der Waals surface area contributed by atoms with Gasteiger partial charge in [-0.3, -0.25) is 4.57 Å². The highest BCUT2D eigenvalue weighted by Crippen LogP contribution is 2.35. The zero-order valence-corrected chi connectivity index (χ0v) is 8.00. The summed E-state index contributed by atoms with van der Waals surface area (Å²) < 4.78 is 15.3. The molecule has 0 radical (unpaired) electrons. The summed E-state index contributed by atoms with van der Waals surface area (Å²) in [6.07, 6.45) is 0. The van der Waals surface area contributed by atoms with Crippen molar-refractivity contribution in [3.8, 4) is 0 Å². The Morgan fingerprint density at radius 2 is 2.15 bits per heavy atom. The lowest BCUT2D eigenvalue weighted by atomic mass is 10.3. The third kappa shape index (κ3) is 1.49. The van der Waals surface area contributed by atoms with Crippen LogP contribution in [0.4, 0.5) is 0 Å². The fraction of sp³-hybridized carbons (Fsp3) is 0. The van der Waals surface area contributed by atoms with Crippen LogP contribution in [0.5, 0.6) is 0 Å². The summed E-state index contributed by atoms with van der Waals surface area (Å²) in [5, 5.41) is 3.60. The lowest BCUT2D eigenvalue weighted by Gasteiger charge is -2.02. The molecule has 1 aromatic carbocycles. The van der Waals surface area contributed by atoms with Crippen molar-refractivity contribution in [2.45, 2.75) is 0 Å². The Bertz CT molecular complexity index is 491. The molecule has 2 rings (SSSR count). The Labute approximate surface area is 77.4 Å². The molecule has 0 bridgehead atoms. The van der Waals surface area contributed by atoms with E-state index in [-0.39, 0.29) is 5.30 Å². The van der Waals surface area contributed by atoms with Crippen molar-refractivity contribution in [2.24, 2.45) is 0 Å². The second kappa shape index (κ2) is 2.85. The van der Waals surface area contributed by atoms with Crippen molar-refractivity contribution in [3.05, 3.63) is 18.2 Å². The second-order valence-electron chi connectivity index (χ2n) is 2.44. The maximum atomic E-state index is 11.0. The Morgan fingerprint density at radius 3 is 2.85 bits per heavy atom. The first-order chi connectivity index (χ1) is 6.09. The summed E-state index contributed by atoms with van der Waals surface area (Å²) >= 11 is 1.11. The number of hydrogen-bond donors (Lipinski definition) is 2. The first-order valence-corrected chi connectivity index (χ1v) is 5.75. The molecule has 5 nitrogen and oxygen atoms in total. The predicted octanol–water partition coefficient (Wildman–Crippen LogP) is 0.494. The van der Waals surface area contributed by atoms with E-state index in [0.717, 1.165) is 11.5 Å². The van der Waals surface area contributed by atoms with Gasteiger partial charge in [-0.1, -0.05) is 10.6 Å². The summed E-state index contributed by atoms with van der Waals surface area (Å²) in [6.45, 7) is 0. The zero-order chi connectivity index (χ0) is 9.47. The smallest absolute Gasteiger partial charge is 0.321 e. The molecule has 13 heavy (non-hydrogen) atoms. The van der Waals surface area contributed by atoms with Gasteiger partial charge in [0.05, 0.1) is 10.0 Å². The molecule has 0 spiro atoms. The number of fused-ring (bicyclic) bond motifs is 1. The highest BCUT2D eigenvalue weighted by Gasteiger charge is 2.21. The van der Waals surface area contributed by atoms with Gasteiger partial charge in [0.2, 0.25) is 0 Å². The average molecular weight is 216 g/mol. The lowest BCUT2D eigenvalue weighted by molar-refractivity contribution is 0.387. The number of rotatable bonds is 1. The quantitative estimate of drug-likeness (QED) is 0.678. The largest absolute Gasteiger partial charge is 0.358 e. The molecule has 0 saturated carbocycles. The molecule has 0 fully saturated rings. The molecule has 2 N–H and O–H groups in total. The van der Waals surface area contributed by atoms with Gasteiger partial charge in [0.25, 0.3) is 0 Å². The van der Waals surface area contributed by atoms with E-state index in [9.17, 15) is 4.57 Å². The van der Waals surface area contributed by atoms with Crippen LogP contribution in [-0.2, 0) is 4.57 Å². The topological polar surface area (TPSA) is 83.3 Å². The third-order valence-electron chi connectivity index (χ3n) is 1.57. The first-order valence-electron chi connectivity index (χ1n) is 3.36. The van der Waals surface area contributed by atoms with E-state index >= 15 is 0 Å². The summed E-state index contributed by atoms with van der Waals surface area (Å²) in [5.74, 6) is 0. The number of nitrogens with zero attached hydrogens (tertiary/aromatic N) is 2. The third-order valence-corrected chi connectivity index (χ3v) is 3.25. The number of hydrogen-bond acceptors (Lipinski definition) is 4. The van der Waals surface area contributed by atoms with Crippen LogP contribution in [0.2, 0.25) is 0 Å². The predicted molar refractivity (Wildman–Crippen MR) is 49.1 cm³/mol. The molecule has 0 unspecified atom stereocenters. The monoisotopic (exact) mass is 216 g/mol. The number of benzene rings is 1. The Hall–Kier alpha value is -0.810. The molecule has 0 amide bonds. The zero-order valence-electron chi connectivity index (χ0n) is 6.28. The van der Waals surface area contributed by atoms with Gasteiger partial charge in [-0.25, -0.2) is 0 Å². The minimum absolute atomic E-state index is 0.0567. The van der Waals surface area contributed by atoms with Crippen LogP contribution >= 0.6 is 19.1 Å². The molecule has 0 saturated heterocycles. The Morgan fingerprint density at radius 1 is 1.38 bits per heavy atom. The van der Waals surface area contributed by atoms with Crippen LogP contribution < -0.4 is 5.30 Å². The molecule has 7 heteroatoms. The molecule has 2 aromatic rings. The highest BCUT2D eigenvalue weighted by molar-refractivity contribution is 7.60. The Balaban J connectivity index is 2.83. The van der Waals surface area contributed by atoms with Gasteiger partial charge in [0.1, 0.15) is 5.52 Å². The lowest BCUT2D eigenvalue weighted by Crippen LogP contribution is -2.04. The van der Waals surface area contributed by atoms with Gasteiger partial charge in [0.15, 0.2) is 0 Å². The standard InChI is InChI=1S/C6H5N2O3PS/c9-12(10,11)4-2-1-3-5-6(4)7-8-13-5/h1-3H,(H2,9,10,11). The summed E-state index contributed by atoms with van der Waals surface area (Å²) in [7, 11) is -4.23. The molecule has 1 aromatic heterocycles. The fourth-order valence-corrected chi connectivity index (χ4v) is 2.41. The van der Waals surface area contributed by atoms with Crippen molar-refractivity contribution in [2.75, 3.05) is 0 Å². The SMILES string of the molecule is O=P(O)(O)c1cccc2snnc12. The van der Waals surface area contributed by atoms with E-state index in [4.69, 9.17) is 9.79 Å². The second-order valence-corrected chi connectivity index (χ2v) is 4.80. The van der Waals surface area contributed by atoms with Gasteiger partial charge in [-0.05, 0) is 23.7 Å². The number of aromatic nitrogens is 2. The van der Waals surface area contributed by atoms with Crippen LogP contribution in [0, 0.1) is 0 Å². The van der Waals surface area contributed by atoms with Crippen molar-refractivity contribution < 1.29 is 14.4 Å². The molecule has 0 atom stereocenters. The van der Waals surface area contributed by atoms with Gasteiger partial charge < -0.3 is 9.79 Å². The van der Waals surface area contributed by atoms with Crippen LogP contribution in [0.15, 0.2) is 18.2 Å². The normalized spacial score (nSPS) is 12.2. The van der Waals surface area contributed by atoms with Gasteiger partial charge >= 0.3 is 7.60 Å². The molecule has 0 aliphatic rings. The summed E-state index contributed by atoms with van der Waals surface area (Å²) in [5.41, 5.74) is 0.292. The van der Waals surface area contributed by atoms with Gasteiger partial charge in [-0.15, -0.1) is 5.10 Å². The first kappa shape index (κ1) is 8.77. The van der Waals surface area contributed by atoms with E-state index in [0.29, 0.717) is 10.2 Å². The maximum absolute atomic E-state index is 11.0. The van der Waals surface area contributed by atoms with Crippen molar-refractivity contribution in [3.63, 3.8) is 0 Å². The van der Waals surface area contributed by atoms with E-state index < -0.39 is 7.60 Å². The molecular formula is C6H5N2O3PS. The van der Waals surface area contributed by atoms with Crippen LogP contribution in [0.3, 0.4) is 0 Å². The highest BCUT2D eigenvalue weighted by atomic mass is 32.1. The maximum Gasteiger partial charge on any atom is 0.358 e. The Kier molecular flexibility index (Phi) is 1.92. The van der Waals surface area contributed by atoms with Gasteiger partial charge in [-0.2, -0.15) is 0 Å². The van der Waals surface area contributed by atoms with Crippen molar-refractivity contribution >= 4 is 34.6 Å². The average Bonchev–Trinajstić information content (AvgIpc) is 2.48. The summed E-state index contributed by atoms with van der Waals surface area (Å²) in [4.78, 5) is 17.9. The molecule has 0 aliphatic carbocycles. The molecule has 1 heterocycles. The molecular weight excluding hydrogens is 211 g/mol. The fourth-order valence-electron chi connectivity index (χ4n) is 1.03. The van der Waals surface area contributed by atoms with Crippen molar-refractivity contribution in [1.29, 1.82) is 0 Å². The minimum atomic E-state index is -4.23.